The van der Waals surface area contributed by atoms with Gasteiger partial charge in [0.1, 0.15) is 0 Å². The summed E-state index contributed by atoms with van der Waals surface area (Å²) in [5.41, 5.74) is 7.93. The van der Waals surface area contributed by atoms with Gasteiger partial charge in [0.15, 0.2) is 0 Å². The van der Waals surface area contributed by atoms with Gasteiger partial charge in [-0.1, -0.05) is 36.4 Å². The summed E-state index contributed by atoms with van der Waals surface area (Å²) in [7, 11) is 0. The minimum Gasteiger partial charge on any atom is -0.329 e. The zero-order valence-electron chi connectivity index (χ0n) is 8.66. The van der Waals surface area contributed by atoms with Crippen LogP contribution < -0.4 is 11.1 Å². The third kappa shape index (κ3) is 3.73. The molecule has 1 aromatic rings. The molecule has 0 saturated heterocycles. The molecule has 2 heteroatoms. The highest BCUT2D eigenvalue weighted by Crippen LogP contribution is 2.05. The number of nitrogens with two attached hydrogens (primary N) is 1. The molecule has 0 radical (unpaired) electrons. The van der Waals surface area contributed by atoms with Crippen LogP contribution in [0.2, 0.25) is 0 Å². The largest absolute Gasteiger partial charge is 0.329 e. The van der Waals surface area contributed by atoms with Crippen molar-refractivity contribution in [2.75, 3.05) is 13.1 Å². The molecule has 0 aromatic heterocycles. The van der Waals surface area contributed by atoms with E-state index < -0.39 is 0 Å². The summed E-state index contributed by atoms with van der Waals surface area (Å²) in [4.78, 5) is 0. The van der Waals surface area contributed by atoms with E-state index >= 15 is 0 Å². The second kappa shape index (κ2) is 6.35. The number of nitrogens with one attached hydrogen (secondary N) is 1. The molecular formula is C12H18N2. The van der Waals surface area contributed by atoms with E-state index in [0.717, 1.165) is 13.1 Å². The first-order chi connectivity index (χ1) is 6.86. The van der Waals surface area contributed by atoms with Crippen LogP contribution in [0.25, 0.3) is 6.08 Å². The molecule has 2 nitrogen and oxygen atoms in total. The van der Waals surface area contributed by atoms with Crippen molar-refractivity contribution in [3.63, 3.8) is 0 Å². The summed E-state index contributed by atoms with van der Waals surface area (Å²) < 4.78 is 0. The molecule has 76 valence electrons. The highest BCUT2D eigenvalue weighted by Gasteiger charge is 1.91. The third-order valence-corrected chi connectivity index (χ3v) is 1.99. The number of hydrogen-bond donors (Lipinski definition) is 2. The van der Waals surface area contributed by atoms with Gasteiger partial charge in [-0.25, -0.2) is 0 Å². The van der Waals surface area contributed by atoms with E-state index in [9.17, 15) is 0 Å². The molecular weight excluding hydrogens is 172 g/mol. The van der Waals surface area contributed by atoms with E-state index in [2.05, 4.69) is 35.7 Å². The lowest BCUT2D eigenvalue weighted by Gasteiger charge is -2.03. The van der Waals surface area contributed by atoms with Gasteiger partial charge in [0, 0.05) is 19.6 Å². The highest BCUT2D eigenvalue weighted by molar-refractivity contribution is 5.49. The van der Waals surface area contributed by atoms with Gasteiger partial charge >= 0.3 is 0 Å². The van der Waals surface area contributed by atoms with Crippen LogP contribution in [-0.4, -0.2) is 13.1 Å². The van der Waals surface area contributed by atoms with Crippen LogP contribution in [0, 0.1) is 0 Å². The second-order valence-electron chi connectivity index (χ2n) is 3.21. The fourth-order valence-corrected chi connectivity index (χ4v) is 1.27. The Labute approximate surface area is 85.8 Å². The number of rotatable bonds is 5. The number of allylic oxidation sites excluding steroid dienone is 1. The fraction of sp³-hybridized carbons (Fsp3) is 0.333. The van der Waals surface area contributed by atoms with Crippen LogP contribution in [0.3, 0.4) is 0 Å². The standard InChI is InChI=1S/C12H18N2/c1-2-3-11-4-6-12(7-5-11)10-14-9-8-13/h2-7,14H,8-10,13H2,1H3/b3-2+. The molecule has 0 unspecified atom stereocenters. The van der Waals surface area contributed by atoms with Crippen molar-refractivity contribution < 1.29 is 0 Å². The van der Waals surface area contributed by atoms with E-state index in [1.807, 2.05) is 13.0 Å². The van der Waals surface area contributed by atoms with E-state index in [1.54, 1.807) is 0 Å². The lowest BCUT2D eigenvalue weighted by Crippen LogP contribution is -2.21. The number of benzene rings is 1. The normalized spacial score (nSPS) is 11.0. The van der Waals surface area contributed by atoms with E-state index in [4.69, 9.17) is 5.73 Å². The molecule has 1 aromatic carbocycles. The predicted molar refractivity (Wildman–Crippen MR) is 61.9 cm³/mol. The molecule has 0 aliphatic carbocycles. The Morgan fingerprint density at radius 3 is 2.57 bits per heavy atom. The van der Waals surface area contributed by atoms with Gasteiger partial charge in [0.2, 0.25) is 0 Å². The summed E-state index contributed by atoms with van der Waals surface area (Å²) in [5.74, 6) is 0. The van der Waals surface area contributed by atoms with Gasteiger partial charge in [-0.15, -0.1) is 0 Å². The zero-order chi connectivity index (χ0) is 10.2. The summed E-state index contributed by atoms with van der Waals surface area (Å²) in [6.07, 6.45) is 4.14. The van der Waals surface area contributed by atoms with Crippen molar-refractivity contribution in [1.82, 2.24) is 5.32 Å². The Balaban J connectivity index is 2.46. The summed E-state index contributed by atoms with van der Waals surface area (Å²) in [6, 6.07) is 8.52. The van der Waals surface area contributed by atoms with Crippen molar-refractivity contribution >= 4 is 6.08 Å². The Bertz CT molecular complexity index is 275. The average molecular weight is 190 g/mol. The van der Waals surface area contributed by atoms with Gasteiger partial charge in [-0.05, 0) is 18.1 Å². The molecule has 0 aliphatic heterocycles. The smallest absolute Gasteiger partial charge is 0.0206 e. The van der Waals surface area contributed by atoms with Crippen LogP contribution in [0.5, 0.6) is 0 Å². The maximum Gasteiger partial charge on any atom is 0.0206 e. The predicted octanol–water partition coefficient (Wildman–Crippen LogP) is 1.77. The fourth-order valence-electron chi connectivity index (χ4n) is 1.27. The van der Waals surface area contributed by atoms with Gasteiger partial charge in [-0.3, -0.25) is 0 Å². The van der Waals surface area contributed by atoms with Crippen LogP contribution >= 0.6 is 0 Å². The molecule has 0 bridgehead atoms. The minimum absolute atomic E-state index is 0.691. The molecule has 0 spiro atoms. The average Bonchev–Trinajstić information content (AvgIpc) is 2.21. The van der Waals surface area contributed by atoms with Gasteiger partial charge in [-0.2, -0.15) is 0 Å². The maximum atomic E-state index is 5.38. The van der Waals surface area contributed by atoms with Crippen LogP contribution in [0.15, 0.2) is 30.3 Å². The molecule has 0 heterocycles. The van der Waals surface area contributed by atoms with E-state index in [-0.39, 0.29) is 0 Å². The van der Waals surface area contributed by atoms with Crippen molar-refractivity contribution in [3.05, 3.63) is 41.5 Å². The Morgan fingerprint density at radius 1 is 1.29 bits per heavy atom. The molecule has 14 heavy (non-hydrogen) atoms. The van der Waals surface area contributed by atoms with Gasteiger partial charge in [0.25, 0.3) is 0 Å². The summed E-state index contributed by atoms with van der Waals surface area (Å²) in [6.45, 7) is 4.48. The van der Waals surface area contributed by atoms with E-state index in [0.29, 0.717) is 6.54 Å². The van der Waals surface area contributed by atoms with Crippen molar-refractivity contribution in [2.24, 2.45) is 5.73 Å². The van der Waals surface area contributed by atoms with Crippen molar-refractivity contribution in [3.8, 4) is 0 Å². The zero-order valence-corrected chi connectivity index (χ0v) is 8.66. The van der Waals surface area contributed by atoms with Crippen molar-refractivity contribution in [1.29, 1.82) is 0 Å². The van der Waals surface area contributed by atoms with Crippen LogP contribution in [-0.2, 0) is 6.54 Å². The molecule has 0 atom stereocenters. The third-order valence-electron chi connectivity index (χ3n) is 1.99. The Hall–Kier alpha value is -1.12. The minimum atomic E-state index is 0.691. The van der Waals surface area contributed by atoms with Gasteiger partial charge in [0.05, 0.1) is 0 Å². The first-order valence-corrected chi connectivity index (χ1v) is 4.99. The first-order valence-electron chi connectivity index (χ1n) is 4.99. The molecule has 3 N–H and O–H groups in total. The Kier molecular flexibility index (Phi) is 4.97. The SMILES string of the molecule is C/C=C/c1ccc(CNCCN)cc1. The maximum absolute atomic E-state index is 5.38. The second-order valence-corrected chi connectivity index (χ2v) is 3.21. The molecule has 1 rings (SSSR count). The molecule has 0 fully saturated rings. The quantitative estimate of drug-likeness (QED) is 0.694. The lowest BCUT2D eigenvalue weighted by atomic mass is 10.1. The topological polar surface area (TPSA) is 38.0 Å². The lowest BCUT2D eigenvalue weighted by molar-refractivity contribution is 0.695. The summed E-state index contributed by atoms with van der Waals surface area (Å²) >= 11 is 0. The molecule has 0 amide bonds. The first kappa shape index (κ1) is 11.0. The molecule has 0 saturated carbocycles. The van der Waals surface area contributed by atoms with E-state index in [1.165, 1.54) is 11.1 Å². The van der Waals surface area contributed by atoms with Gasteiger partial charge < -0.3 is 11.1 Å². The van der Waals surface area contributed by atoms with Crippen LogP contribution in [0.4, 0.5) is 0 Å². The summed E-state index contributed by atoms with van der Waals surface area (Å²) in [5, 5.41) is 3.26. The molecule has 0 aliphatic rings. The highest BCUT2D eigenvalue weighted by atomic mass is 14.9. The monoisotopic (exact) mass is 190 g/mol. The van der Waals surface area contributed by atoms with Crippen molar-refractivity contribution in [2.45, 2.75) is 13.5 Å². The Morgan fingerprint density at radius 2 is 2.00 bits per heavy atom. The number of hydrogen-bond acceptors (Lipinski definition) is 2. The van der Waals surface area contributed by atoms with Crippen LogP contribution in [0.1, 0.15) is 18.1 Å².